The molecule has 0 spiro atoms. The van der Waals surface area contributed by atoms with Gasteiger partial charge in [-0.15, -0.1) is 11.3 Å². The van der Waals surface area contributed by atoms with Crippen LogP contribution in [0.5, 0.6) is 5.75 Å². The molecule has 1 aromatic heterocycles. The zero-order valence-electron chi connectivity index (χ0n) is 15.8. The molecule has 0 aliphatic carbocycles. The molecule has 0 aliphatic rings. The number of esters is 1. The van der Waals surface area contributed by atoms with Gasteiger partial charge in [-0.3, -0.25) is 10.2 Å². The summed E-state index contributed by atoms with van der Waals surface area (Å²) in [6.45, 7) is 2.53. The first kappa shape index (κ1) is 20.8. The number of nitrogens with one attached hydrogen (secondary N) is 1. The molecule has 1 N–H and O–H groups in total. The zero-order valence-corrected chi connectivity index (χ0v) is 17.4. The first-order valence-corrected chi connectivity index (χ1v) is 10.2. The Morgan fingerprint density at radius 2 is 2.14 bits per heavy atom. The number of ether oxygens (including phenoxy) is 2. The number of nitrogens with zero attached hydrogens (tertiary/aromatic N) is 2. The molecule has 0 atom stereocenters. The maximum absolute atomic E-state index is 11.5. The van der Waals surface area contributed by atoms with Crippen LogP contribution >= 0.6 is 22.9 Å². The lowest BCUT2D eigenvalue weighted by atomic mass is 10.2. The van der Waals surface area contributed by atoms with E-state index in [1.807, 2.05) is 48.5 Å². The average molecular weight is 430 g/mol. The number of hydrogen-bond acceptors (Lipinski definition) is 7. The van der Waals surface area contributed by atoms with Crippen LogP contribution in [0.1, 0.15) is 23.7 Å². The van der Waals surface area contributed by atoms with Crippen LogP contribution < -0.4 is 10.2 Å². The fraction of sp³-hybridized carbons (Fsp3) is 0.190. The summed E-state index contributed by atoms with van der Waals surface area (Å²) in [5, 5.41) is 7.28. The van der Waals surface area contributed by atoms with Gasteiger partial charge in [0.15, 0.2) is 0 Å². The van der Waals surface area contributed by atoms with Gasteiger partial charge in [0.25, 0.3) is 0 Å². The highest BCUT2D eigenvalue weighted by molar-refractivity contribution is 7.13. The molecular weight excluding hydrogens is 410 g/mol. The van der Waals surface area contributed by atoms with E-state index in [0.29, 0.717) is 29.1 Å². The van der Waals surface area contributed by atoms with Crippen LogP contribution in [0.15, 0.2) is 59.0 Å². The molecule has 6 nitrogen and oxygen atoms in total. The number of aromatic nitrogens is 1. The van der Waals surface area contributed by atoms with Gasteiger partial charge in [-0.1, -0.05) is 41.9 Å². The van der Waals surface area contributed by atoms with Crippen molar-refractivity contribution < 1.29 is 14.3 Å². The average Bonchev–Trinajstić information content (AvgIpc) is 3.15. The Balaban J connectivity index is 1.53. The number of hydrogen-bond donors (Lipinski definition) is 1. The van der Waals surface area contributed by atoms with Gasteiger partial charge in [-0.05, 0) is 30.7 Å². The molecule has 0 amide bonds. The smallest absolute Gasteiger partial charge is 0.311 e. The second-order valence-electron chi connectivity index (χ2n) is 5.95. The Kier molecular flexibility index (Phi) is 7.61. The summed E-state index contributed by atoms with van der Waals surface area (Å²) in [7, 11) is 0. The molecule has 29 heavy (non-hydrogen) atoms. The Labute approximate surface area is 178 Å². The third-order valence-electron chi connectivity index (χ3n) is 3.77. The lowest BCUT2D eigenvalue weighted by Gasteiger charge is -2.08. The van der Waals surface area contributed by atoms with Crippen molar-refractivity contribution in [3.05, 3.63) is 75.8 Å². The first-order valence-electron chi connectivity index (χ1n) is 8.99. The highest BCUT2D eigenvalue weighted by atomic mass is 35.5. The minimum Gasteiger partial charge on any atom is -0.489 e. The monoisotopic (exact) mass is 429 g/mol. The molecule has 0 unspecified atom stereocenters. The maximum Gasteiger partial charge on any atom is 0.311 e. The predicted octanol–water partition coefficient (Wildman–Crippen LogP) is 4.93. The molecule has 0 radical (unpaired) electrons. The second-order valence-corrected chi connectivity index (χ2v) is 7.21. The van der Waals surface area contributed by atoms with Crippen LogP contribution in [-0.2, 0) is 22.6 Å². The molecule has 150 valence electrons. The van der Waals surface area contributed by atoms with Gasteiger partial charge in [0.05, 0.1) is 24.9 Å². The standard InChI is InChI=1S/C21H20ClN3O3S/c1-2-27-20(26)11-17-14-29-21(24-17)25-23-12-15-6-5-8-18(10-15)28-13-16-7-3-4-9-19(16)22/h3-10,12,14H,2,11,13H2,1H3,(H,24,25). The highest BCUT2D eigenvalue weighted by Crippen LogP contribution is 2.19. The van der Waals surface area contributed by atoms with E-state index in [1.54, 1.807) is 18.5 Å². The molecule has 1 heterocycles. The van der Waals surface area contributed by atoms with Crippen molar-refractivity contribution in [2.45, 2.75) is 20.0 Å². The summed E-state index contributed by atoms with van der Waals surface area (Å²) >= 11 is 7.53. The van der Waals surface area contributed by atoms with Gasteiger partial charge in [-0.2, -0.15) is 5.10 Å². The number of carbonyl (C=O) groups excluding carboxylic acids is 1. The highest BCUT2D eigenvalue weighted by Gasteiger charge is 2.08. The van der Waals surface area contributed by atoms with Crippen molar-refractivity contribution in [3.63, 3.8) is 0 Å². The van der Waals surface area contributed by atoms with Crippen molar-refractivity contribution in [2.24, 2.45) is 5.10 Å². The molecule has 3 rings (SSSR count). The van der Waals surface area contributed by atoms with Crippen molar-refractivity contribution in [1.29, 1.82) is 0 Å². The van der Waals surface area contributed by atoms with E-state index in [1.165, 1.54) is 11.3 Å². The molecule has 3 aromatic rings. The van der Waals surface area contributed by atoms with Gasteiger partial charge in [-0.25, -0.2) is 4.98 Å². The molecular formula is C21H20ClN3O3S. The van der Waals surface area contributed by atoms with E-state index in [-0.39, 0.29) is 12.4 Å². The molecule has 0 aliphatic heterocycles. The van der Waals surface area contributed by atoms with Crippen molar-refractivity contribution in [1.82, 2.24) is 4.98 Å². The van der Waals surface area contributed by atoms with E-state index < -0.39 is 0 Å². The fourth-order valence-electron chi connectivity index (χ4n) is 2.42. The van der Waals surface area contributed by atoms with Crippen LogP contribution in [0.2, 0.25) is 5.02 Å². The van der Waals surface area contributed by atoms with E-state index in [0.717, 1.165) is 16.9 Å². The molecule has 2 aromatic carbocycles. The largest absolute Gasteiger partial charge is 0.489 e. The van der Waals surface area contributed by atoms with Crippen molar-refractivity contribution >= 4 is 40.3 Å². The Hall–Kier alpha value is -2.90. The lowest BCUT2D eigenvalue weighted by Crippen LogP contribution is -2.07. The Morgan fingerprint density at radius 3 is 2.97 bits per heavy atom. The molecule has 0 bridgehead atoms. The summed E-state index contributed by atoms with van der Waals surface area (Å²) in [5.41, 5.74) is 5.32. The van der Waals surface area contributed by atoms with Gasteiger partial charge in [0, 0.05) is 16.0 Å². The van der Waals surface area contributed by atoms with E-state index in [4.69, 9.17) is 21.1 Å². The number of thiazole rings is 1. The summed E-state index contributed by atoms with van der Waals surface area (Å²) in [4.78, 5) is 15.8. The minimum absolute atomic E-state index is 0.153. The van der Waals surface area contributed by atoms with Crippen LogP contribution in [0.25, 0.3) is 0 Å². The molecule has 8 heteroatoms. The number of rotatable bonds is 9. The quantitative estimate of drug-likeness (QED) is 0.296. The van der Waals surface area contributed by atoms with E-state index in [9.17, 15) is 4.79 Å². The molecule has 0 saturated heterocycles. The minimum atomic E-state index is -0.290. The van der Waals surface area contributed by atoms with E-state index >= 15 is 0 Å². The SMILES string of the molecule is CCOC(=O)Cc1csc(NN=Cc2cccc(OCc3ccccc3Cl)c2)n1. The van der Waals surface area contributed by atoms with Crippen molar-refractivity contribution in [2.75, 3.05) is 12.0 Å². The predicted molar refractivity (Wildman–Crippen MR) is 116 cm³/mol. The normalized spacial score (nSPS) is 10.8. The second kappa shape index (κ2) is 10.6. The topological polar surface area (TPSA) is 72.8 Å². The third kappa shape index (κ3) is 6.58. The lowest BCUT2D eigenvalue weighted by molar-refractivity contribution is -0.142. The number of carbonyl (C=O) groups is 1. The van der Waals surface area contributed by atoms with Crippen LogP contribution in [-0.4, -0.2) is 23.8 Å². The Bertz CT molecular complexity index is 991. The number of anilines is 1. The summed E-state index contributed by atoms with van der Waals surface area (Å²) in [6.07, 6.45) is 1.83. The van der Waals surface area contributed by atoms with Crippen molar-refractivity contribution in [3.8, 4) is 5.75 Å². The molecule has 0 fully saturated rings. The van der Waals surface area contributed by atoms with E-state index in [2.05, 4.69) is 15.5 Å². The number of hydrazone groups is 1. The van der Waals surface area contributed by atoms with Crippen LogP contribution in [0, 0.1) is 0 Å². The zero-order chi connectivity index (χ0) is 20.5. The fourth-order valence-corrected chi connectivity index (χ4v) is 3.27. The van der Waals surface area contributed by atoms with Crippen LogP contribution in [0.4, 0.5) is 5.13 Å². The third-order valence-corrected chi connectivity index (χ3v) is 4.93. The van der Waals surface area contributed by atoms with Gasteiger partial charge in [0.2, 0.25) is 5.13 Å². The van der Waals surface area contributed by atoms with Gasteiger partial charge < -0.3 is 9.47 Å². The first-order chi connectivity index (χ1) is 14.1. The van der Waals surface area contributed by atoms with Gasteiger partial charge >= 0.3 is 5.97 Å². The number of benzene rings is 2. The van der Waals surface area contributed by atoms with Gasteiger partial charge in [0.1, 0.15) is 12.4 Å². The summed E-state index contributed by atoms with van der Waals surface area (Å²) in [6, 6.07) is 15.2. The number of halogens is 1. The summed E-state index contributed by atoms with van der Waals surface area (Å²) < 4.78 is 10.7. The maximum atomic E-state index is 11.5. The Morgan fingerprint density at radius 1 is 1.28 bits per heavy atom. The summed E-state index contributed by atoms with van der Waals surface area (Å²) in [5.74, 6) is 0.432. The molecule has 0 saturated carbocycles. The van der Waals surface area contributed by atoms with Crippen LogP contribution in [0.3, 0.4) is 0 Å².